The van der Waals surface area contributed by atoms with Gasteiger partial charge in [0.2, 0.25) is 0 Å². The number of nitrogens with zero attached hydrogens (tertiary/aromatic N) is 4. The van der Waals surface area contributed by atoms with Gasteiger partial charge in [0.05, 0.1) is 0 Å². The van der Waals surface area contributed by atoms with E-state index < -0.39 is 0 Å². The van der Waals surface area contributed by atoms with Crippen molar-refractivity contribution in [2.75, 3.05) is 31.1 Å². The number of thiazole rings is 1. The molecule has 0 spiro atoms. The monoisotopic (exact) mass is 371 g/mol. The number of carbonyl (C=O) groups is 1. The summed E-state index contributed by atoms with van der Waals surface area (Å²) in [7, 11) is 0. The molecule has 1 saturated heterocycles. The summed E-state index contributed by atoms with van der Waals surface area (Å²) in [5.74, 6) is -0.00464. The lowest BCUT2D eigenvalue weighted by Crippen LogP contribution is -2.49. The molecule has 0 unspecified atom stereocenters. The predicted octanol–water partition coefficient (Wildman–Crippen LogP) is 2.95. The Bertz CT molecular complexity index is 908. The number of aromatic nitrogens is 3. The quantitative estimate of drug-likeness (QED) is 0.719. The smallest absolute Gasteiger partial charge is 0.272 e. The van der Waals surface area contributed by atoms with E-state index in [1.54, 1.807) is 22.1 Å². The number of hydrogen-bond acceptors (Lipinski definition) is 5. The lowest BCUT2D eigenvalue weighted by Gasteiger charge is -2.34. The molecule has 0 bridgehead atoms. The van der Waals surface area contributed by atoms with Gasteiger partial charge in [0, 0.05) is 49.6 Å². The fraction of sp³-hybridized carbons (Fsp3) is 0.235. The van der Waals surface area contributed by atoms with Crippen molar-refractivity contribution in [1.82, 2.24) is 19.4 Å². The van der Waals surface area contributed by atoms with Gasteiger partial charge in [-0.25, -0.2) is 4.98 Å². The first kappa shape index (κ1) is 16.0. The van der Waals surface area contributed by atoms with Crippen molar-refractivity contribution < 1.29 is 4.79 Å². The van der Waals surface area contributed by atoms with Crippen molar-refractivity contribution in [2.24, 2.45) is 0 Å². The summed E-state index contributed by atoms with van der Waals surface area (Å²) in [6, 6.07) is 9.71. The minimum atomic E-state index is -0.00464. The van der Waals surface area contributed by atoms with Crippen LogP contribution in [0.3, 0.4) is 0 Å². The third-order valence-electron chi connectivity index (χ3n) is 4.27. The summed E-state index contributed by atoms with van der Waals surface area (Å²) in [5.41, 5.74) is 1.46. The molecular weight excluding hydrogens is 354 g/mol. The Morgan fingerprint density at radius 3 is 2.60 bits per heavy atom. The number of benzene rings is 1. The zero-order valence-electron chi connectivity index (χ0n) is 13.5. The van der Waals surface area contributed by atoms with Gasteiger partial charge in [0.15, 0.2) is 9.90 Å². The third-order valence-corrected chi connectivity index (χ3v) is 5.40. The molecule has 1 aliphatic rings. The lowest BCUT2D eigenvalue weighted by atomic mass is 10.2. The molecule has 0 aliphatic carbocycles. The Hall–Kier alpha value is -2.45. The number of anilines is 1. The second kappa shape index (κ2) is 6.81. The number of piperazine rings is 1. The maximum absolute atomic E-state index is 13.0. The molecule has 3 aromatic rings. The molecule has 128 valence electrons. The van der Waals surface area contributed by atoms with Gasteiger partial charge in [-0.2, -0.15) is 0 Å². The van der Waals surface area contributed by atoms with Crippen molar-refractivity contribution in [1.29, 1.82) is 0 Å². The molecule has 2 aromatic heterocycles. The minimum Gasteiger partial charge on any atom is -0.345 e. The van der Waals surface area contributed by atoms with Crippen LogP contribution in [0, 0.1) is 4.77 Å². The molecule has 0 atom stereocenters. The highest BCUT2D eigenvalue weighted by atomic mass is 32.1. The summed E-state index contributed by atoms with van der Waals surface area (Å²) < 4.78 is 2.32. The molecule has 1 fully saturated rings. The number of imidazole rings is 1. The van der Waals surface area contributed by atoms with E-state index in [0.717, 1.165) is 23.9 Å². The van der Waals surface area contributed by atoms with Gasteiger partial charge >= 0.3 is 0 Å². The molecule has 0 radical (unpaired) electrons. The van der Waals surface area contributed by atoms with Gasteiger partial charge in [-0.3, -0.25) is 9.36 Å². The van der Waals surface area contributed by atoms with Crippen LogP contribution in [0.2, 0.25) is 0 Å². The molecule has 4 rings (SSSR count). The van der Waals surface area contributed by atoms with Crippen LogP contribution in [-0.2, 0) is 0 Å². The summed E-state index contributed by atoms with van der Waals surface area (Å²) in [4.78, 5) is 24.4. The van der Waals surface area contributed by atoms with E-state index in [9.17, 15) is 4.79 Å². The SMILES string of the molecule is O=C(c1c[nH]c(=S)n1-c1ccccc1)N1CCN(c2nccs2)CC1. The number of nitrogens with one attached hydrogen (secondary N) is 1. The van der Waals surface area contributed by atoms with Crippen LogP contribution < -0.4 is 4.90 Å². The van der Waals surface area contributed by atoms with Crippen LogP contribution >= 0.6 is 23.6 Å². The van der Waals surface area contributed by atoms with Crippen LogP contribution in [0.15, 0.2) is 48.1 Å². The summed E-state index contributed by atoms with van der Waals surface area (Å²) >= 11 is 7.00. The van der Waals surface area contributed by atoms with E-state index in [4.69, 9.17) is 12.2 Å². The van der Waals surface area contributed by atoms with E-state index in [2.05, 4.69) is 14.9 Å². The fourth-order valence-electron chi connectivity index (χ4n) is 2.99. The van der Waals surface area contributed by atoms with Gasteiger partial charge in [-0.05, 0) is 24.4 Å². The average molecular weight is 371 g/mol. The fourth-order valence-corrected chi connectivity index (χ4v) is 3.95. The lowest BCUT2D eigenvalue weighted by molar-refractivity contribution is 0.0738. The van der Waals surface area contributed by atoms with Crippen LogP contribution in [0.25, 0.3) is 5.69 Å². The van der Waals surface area contributed by atoms with Crippen molar-refractivity contribution >= 4 is 34.6 Å². The van der Waals surface area contributed by atoms with Crippen LogP contribution in [0.5, 0.6) is 0 Å². The maximum Gasteiger partial charge on any atom is 0.272 e. The van der Waals surface area contributed by atoms with Gasteiger partial charge in [0.1, 0.15) is 5.69 Å². The number of aromatic amines is 1. The van der Waals surface area contributed by atoms with Crippen molar-refractivity contribution in [3.63, 3.8) is 0 Å². The van der Waals surface area contributed by atoms with E-state index in [-0.39, 0.29) is 5.91 Å². The summed E-state index contributed by atoms with van der Waals surface area (Å²) in [6.07, 6.45) is 3.51. The normalized spacial score (nSPS) is 14.7. The Morgan fingerprint density at radius 2 is 1.92 bits per heavy atom. The maximum atomic E-state index is 13.0. The van der Waals surface area contributed by atoms with Crippen molar-refractivity contribution in [3.8, 4) is 5.69 Å². The topological polar surface area (TPSA) is 57.2 Å². The first-order valence-corrected chi connectivity index (χ1v) is 9.32. The molecule has 6 nitrogen and oxygen atoms in total. The Labute approximate surface area is 154 Å². The molecule has 25 heavy (non-hydrogen) atoms. The second-order valence-corrected chi connectivity index (χ2v) is 7.00. The molecule has 0 saturated carbocycles. The Kier molecular flexibility index (Phi) is 4.37. The van der Waals surface area contributed by atoms with E-state index in [1.165, 1.54) is 0 Å². The van der Waals surface area contributed by atoms with Crippen molar-refractivity contribution in [2.45, 2.75) is 0 Å². The number of amides is 1. The van der Waals surface area contributed by atoms with Crippen LogP contribution in [0.4, 0.5) is 5.13 Å². The molecule has 1 aromatic carbocycles. The number of rotatable bonds is 3. The van der Waals surface area contributed by atoms with Crippen LogP contribution in [-0.4, -0.2) is 51.5 Å². The molecular formula is C17H17N5OS2. The minimum absolute atomic E-state index is 0.00464. The zero-order chi connectivity index (χ0) is 17.2. The van der Waals surface area contributed by atoms with E-state index >= 15 is 0 Å². The average Bonchev–Trinajstić information content (AvgIpc) is 3.32. The largest absolute Gasteiger partial charge is 0.345 e. The molecule has 1 aliphatic heterocycles. The second-order valence-electron chi connectivity index (χ2n) is 5.74. The zero-order valence-corrected chi connectivity index (χ0v) is 15.1. The number of carbonyl (C=O) groups excluding carboxylic acids is 1. The predicted molar refractivity (Wildman–Crippen MR) is 101 cm³/mol. The Morgan fingerprint density at radius 1 is 1.16 bits per heavy atom. The van der Waals surface area contributed by atoms with E-state index in [1.807, 2.05) is 46.8 Å². The number of hydrogen-bond donors (Lipinski definition) is 1. The molecule has 8 heteroatoms. The number of para-hydroxylation sites is 1. The number of H-pyrrole nitrogens is 1. The van der Waals surface area contributed by atoms with Crippen LogP contribution in [0.1, 0.15) is 10.5 Å². The van der Waals surface area contributed by atoms with Gasteiger partial charge in [-0.15, -0.1) is 11.3 Å². The van der Waals surface area contributed by atoms with Gasteiger partial charge < -0.3 is 14.8 Å². The molecule has 3 heterocycles. The molecule has 1 N–H and O–H groups in total. The third kappa shape index (κ3) is 3.10. The highest BCUT2D eigenvalue weighted by Crippen LogP contribution is 2.20. The summed E-state index contributed by atoms with van der Waals surface area (Å²) in [6.45, 7) is 2.92. The first-order chi connectivity index (χ1) is 12.2. The summed E-state index contributed by atoms with van der Waals surface area (Å²) in [5, 5.41) is 2.99. The Balaban J connectivity index is 1.54. The standard InChI is InChI=1S/C17H17N5OS2/c23-15(20-7-9-21(10-8-20)17-18-6-11-25-17)14-12-19-16(24)22(14)13-4-2-1-3-5-13/h1-6,11-12H,7-10H2,(H,19,24). The highest BCUT2D eigenvalue weighted by Gasteiger charge is 2.25. The molecule has 1 amide bonds. The van der Waals surface area contributed by atoms with Gasteiger partial charge in [-0.1, -0.05) is 18.2 Å². The van der Waals surface area contributed by atoms with Crippen molar-refractivity contribution in [3.05, 3.63) is 58.6 Å². The first-order valence-electron chi connectivity index (χ1n) is 8.03. The van der Waals surface area contributed by atoms with Gasteiger partial charge in [0.25, 0.3) is 5.91 Å². The highest BCUT2D eigenvalue weighted by molar-refractivity contribution is 7.71. The van der Waals surface area contributed by atoms with E-state index in [0.29, 0.717) is 23.6 Å².